The molecule has 0 aliphatic carbocycles. The van der Waals surface area contributed by atoms with E-state index in [2.05, 4.69) is 28.6 Å². The largest absolute Gasteiger partial charge is 0.330 e. The number of benzene rings is 1. The topological polar surface area (TPSA) is 33.2 Å². The molecule has 1 amide bonds. The van der Waals surface area contributed by atoms with Gasteiger partial charge in [-0.25, -0.2) is 4.98 Å². The maximum atomic E-state index is 13.0. The molecule has 0 radical (unpaired) electrons. The highest BCUT2D eigenvalue weighted by atomic mass is 35.5. The molecule has 0 bridgehead atoms. The van der Waals surface area contributed by atoms with Crippen LogP contribution in [0.5, 0.6) is 0 Å². The zero-order chi connectivity index (χ0) is 17.9. The summed E-state index contributed by atoms with van der Waals surface area (Å²) in [4.78, 5) is 20.7. The molecule has 3 heterocycles. The Hall–Kier alpha value is -1.82. The van der Waals surface area contributed by atoms with Crippen molar-refractivity contribution < 1.29 is 4.79 Å². The maximum Gasteiger partial charge on any atom is 0.233 e. The molecule has 1 unspecified atom stereocenters. The molecule has 6 heteroatoms. The third kappa shape index (κ3) is 3.65. The van der Waals surface area contributed by atoms with E-state index in [1.54, 1.807) is 23.6 Å². The first-order valence-corrected chi connectivity index (χ1v) is 10.6. The minimum atomic E-state index is -0.00234. The molecule has 0 saturated heterocycles. The Labute approximate surface area is 166 Å². The van der Waals surface area contributed by atoms with Crippen LogP contribution in [0.1, 0.15) is 22.0 Å². The van der Waals surface area contributed by atoms with Crippen LogP contribution in [0.4, 0.5) is 0 Å². The number of pyridine rings is 1. The van der Waals surface area contributed by atoms with E-state index in [1.165, 1.54) is 22.2 Å². The van der Waals surface area contributed by atoms with Gasteiger partial charge in [0, 0.05) is 17.6 Å². The fraction of sp³-hybridized carbons (Fsp3) is 0.200. The minimum Gasteiger partial charge on any atom is -0.330 e. The Morgan fingerprint density at radius 1 is 1.23 bits per heavy atom. The Balaban J connectivity index is 1.56. The molecule has 26 heavy (non-hydrogen) atoms. The average molecular weight is 401 g/mol. The number of hydrogen-bond acceptors (Lipinski definition) is 4. The number of fused-ring (bicyclic) bond motifs is 1. The smallest absolute Gasteiger partial charge is 0.233 e. The summed E-state index contributed by atoms with van der Waals surface area (Å²) in [6.45, 7) is 0.751. The van der Waals surface area contributed by atoms with Gasteiger partial charge in [-0.05, 0) is 41.1 Å². The molecular formula is C20H17ClN2OS2. The third-order valence-corrected chi connectivity index (χ3v) is 6.59. The van der Waals surface area contributed by atoms with Crippen LogP contribution in [0, 0.1) is 0 Å². The first-order chi connectivity index (χ1) is 12.7. The van der Waals surface area contributed by atoms with Gasteiger partial charge in [-0.2, -0.15) is 0 Å². The second-order valence-corrected chi connectivity index (χ2v) is 8.49. The Bertz CT molecular complexity index is 896. The first kappa shape index (κ1) is 17.6. The quantitative estimate of drug-likeness (QED) is 0.573. The predicted octanol–water partition coefficient (Wildman–Crippen LogP) is 5.06. The monoisotopic (exact) mass is 400 g/mol. The summed E-state index contributed by atoms with van der Waals surface area (Å²) in [5.74, 6) is 0.509. The molecule has 3 aromatic rings. The number of thioether (sulfide) groups is 1. The highest BCUT2D eigenvalue weighted by molar-refractivity contribution is 7.99. The summed E-state index contributed by atoms with van der Waals surface area (Å²) in [5.41, 5.74) is 2.42. The fourth-order valence-corrected chi connectivity index (χ4v) is 4.99. The minimum absolute atomic E-state index is 0.00234. The average Bonchev–Trinajstić information content (AvgIpc) is 3.16. The van der Waals surface area contributed by atoms with E-state index in [0.29, 0.717) is 10.8 Å². The molecule has 1 aliphatic heterocycles. The number of aromatic nitrogens is 1. The van der Waals surface area contributed by atoms with E-state index in [0.717, 1.165) is 23.6 Å². The number of nitrogens with zero attached hydrogens (tertiary/aromatic N) is 2. The molecule has 1 aromatic carbocycles. The van der Waals surface area contributed by atoms with Crippen molar-refractivity contribution in [2.45, 2.75) is 17.5 Å². The molecule has 4 rings (SSSR count). The zero-order valence-electron chi connectivity index (χ0n) is 14.0. The van der Waals surface area contributed by atoms with E-state index in [1.807, 2.05) is 29.2 Å². The summed E-state index contributed by atoms with van der Waals surface area (Å²) < 4.78 is 0. The van der Waals surface area contributed by atoms with Crippen molar-refractivity contribution in [2.75, 3.05) is 12.3 Å². The third-order valence-electron chi connectivity index (χ3n) is 4.45. The van der Waals surface area contributed by atoms with Gasteiger partial charge in [0.2, 0.25) is 5.91 Å². The molecule has 1 atom stereocenters. The molecule has 1 aliphatic rings. The van der Waals surface area contributed by atoms with Crippen LogP contribution >= 0.6 is 34.7 Å². The number of carbonyl (C=O) groups excluding carboxylic acids is 1. The van der Waals surface area contributed by atoms with Crippen LogP contribution in [0.25, 0.3) is 0 Å². The van der Waals surface area contributed by atoms with Crippen molar-refractivity contribution in [3.63, 3.8) is 0 Å². The van der Waals surface area contributed by atoms with E-state index in [4.69, 9.17) is 11.6 Å². The van der Waals surface area contributed by atoms with Gasteiger partial charge < -0.3 is 4.90 Å². The van der Waals surface area contributed by atoms with Crippen molar-refractivity contribution in [2.24, 2.45) is 0 Å². The second kappa shape index (κ2) is 7.82. The van der Waals surface area contributed by atoms with Gasteiger partial charge in [-0.15, -0.1) is 11.3 Å². The van der Waals surface area contributed by atoms with Gasteiger partial charge in [0.05, 0.1) is 21.8 Å². The van der Waals surface area contributed by atoms with Gasteiger partial charge in [0.1, 0.15) is 0 Å². The standard InChI is InChI=1S/C20H17ClN2OS2/c21-15-6-7-18(22-12-15)26-13-19(24)23-10-8-17-16(9-11-25-17)20(23)14-4-2-1-3-5-14/h1-7,9,11-12,20H,8,10,13H2. The van der Waals surface area contributed by atoms with E-state index in [-0.39, 0.29) is 11.9 Å². The normalized spacial score (nSPS) is 16.3. The second-order valence-electron chi connectivity index (χ2n) is 6.05. The lowest BCUT2D eigenvalue weighted by Crippen LogP contribution is -2.41. The molecule has 132 valence electrons. The number of hydrogen-bond donors (Lipinski definition) is 0. The van der Waals surface area contributed by atoms with Gasteiger partial charge in [-0.1, -0.05) is 53.7 Å². The maximum absolute atomic E-state index is 13.0. The summed E-state index contributed by atoms with van der Waals surface area (Å²) in [7, 11) is 0. The fourth-order valence-electron chi connectivity index (χ4n) is 3.25. The van der Waals surface area contributed by atoms with Crippen LogP contribution in [0.15, 0.2) is 65.1 Å². The van der Waals surface area contributed by atoms with Crippen LogP contribution in [0.2, 0.25) is 5.02 Å². The predicted molar refractivity (Wildman–Crippen MR) is 108 cm³/mol. The molecule has 0 saturated carbocycles. The van der Waals surface area contributed by atoms with Gasteiger partial charge >= 0.3 is 0 Å². The Morgan fingerprint density at radius 3 is 2.85 bits per heavy atom. The van der Waals surface area contributed by atoms with Crippen molar-refractivity contribution in [3.05, 3.63) is 81.1 Å². The highest BCUT2D eigenvalue weighted by Gasteiger charge is 2.32. The van der Waals surface area contributed by atoms with Gasteiger partial charge in [0.25, 0.3) is 0 Å². The summed E-state index contributed by atoms with van der Waals surface area (Å²) in [6.07, 6.45) is 2.53. The number of amides is 1. The number of carbonyl (C=O) groups is 1. The Kier molecular flexibility index (Phi) is 5.29. The molecule has 2 aromatic heterocycles. The zero-order valence-corrected chi connectivity index (χ0v) is 16.4. The molecule has 3 nitrogen and oxygen atoms in total. The number of thiophene rings is 1. The summed E-state index contributed by atoms with van der Waals surface area (Å²) >= 11 is 9.11. The van der Waals surface area contributed by atoms with E-state index >= 15 is 0 Å². The molecule has 0 fully saturated rings. The van der Waals surface area contributed by atoms with E-state index in [9.17, 15) is 4.79 Å². The first-order valence-electron chi connectivity index (χ1n) is 8.37. The summed E-state index contributed by atoms with van der Waals surface area (Å²) in [6, 6.07) is 16.1. The van der Waals surface area contributed by atoms with Crippen molar-refractivity contribution >= 4 is 40.6 Å². The van der Waals surface area contributed by atoms with Crippen LogP contribution < -0.4 is 0 Å². The molecular weight excluding hydrogens is 384 g/mol. The summed E-state index contributed by atoms with van der Waals surface area (Å²) in [5, 5.41) is 3.54. The van der Waals surface area contributed by atoms with Crippen LogP contribution in [-0.2, 0) is 11.2 Å². The van der Waals surface area contributed by atoms with Crippen molar-refractivity contribution in [1.29, 1.82) is 0 Å². The molecule has 0 spiro atoms. The van der Waals surface area contributed by atoms with Crippen LogP contribution in [-0.4, -0.2) is 28.1 Å². The van der Waals surface area contributed by atoms with Gasteiger partial charge in [-0.3, -0.25) is 4.79 Å². The number of halogens is 1. The highest BCUT2D eigenvalue weighted by Crippen LogP contribution is 2.38. The lowest BCUT2D eigenvalue weighted by Gasteiger charge is -2.36. The molecule has 0 N–H and O–H groups in total. The van der Waals surface area contributed by atoms with Gasteiger partial charge in [0.15, 0.2) is 0 Å². The Morgan fingerprint density at radius 2 is 2.08 bits per heavy atom. The lowest BCUT2D eigenvalue weighted by atomic mass is 9.93. The SMILES string of the molecule is O=C(CSc1ccc(Cl)cn1)N1CCc2sccc2C1c1ccccc1. The van der Waals surface area contributed by atoms with Crippen LogP contribution in [0.3, 0.4) is 0 Å². The number of rotatable bonds is 4. The van der Waals surface area contributed by atoms with Crippen molar-refractivity contribution in [3.8, 4) is 0 Å². The van der Waals surface area contributed by atoms with Crippen molar-refractivity contribution in [1.82, 2.24) is 9.88 Å². The van der Waals surface area contributed by atoms with E-state index < -0.39 is 0 Å². The lowest BCUT2D eigenvalue weighted by molar-refractivity contribution is -0.130.